The number of carbonyl (C=O) groups excluding carboxylic acids is 1. The normalized spacial score (nSPS) is 21.4. The molecule has 1 amide bonds. The Morgan fingerprint density at radius 2 is 2.10 bits per heavy atom. The maximum atomic E-state index is 12.2. The molecule has 4 nitrogen and oxygen atoms in total. The van der Waals surface area contributed by atoms with E-state index < -0.39 is 0 Å². The third-order valence-electron chi connectivity index (χ3n) is 3.92. The van der Waals surface area contributed by atoms with Crippen molar-refractivity contribution in [3.05, 3.63) is 34.7 Å². The van der Waals surface area contributed by atoms with Gasteiger partial charge in [-0.2, -0.15) is 0 Å². The summed E-state index contributed by atoms with van der Waals surface area (Å²) in [6.45, 7) is 5.79. The molecule has 0 aliphatic carbocycles. The van der Waals surface area contributed by atoms with Crippen LogP contribution in [0, 0.1) is 18.8 Å². The zero-order valence-corrected chi connectivity index (χ0v) is 13.0. The van der Waals surface area contributed by atoms with Crippen molar-refractivity contribution in [2.75, 3.05) is 18.4 Å². The van der Waals surface area contributed by atoms with Crippen molar-refractivity contribution >= 4 is 22.9 Å². The van der Waals surface area contributed by atoms with Gasteiger partial charge in [-0.05, 0) is 31.5 Å². The second-order valence-electron chi connectivity index (χ2n) is 5.56. The minimum atomic E-state index is 0.0610. The number of hydrogen-bond acceptors (Lipinski definition) is 4. The van der Waals surface area contributed by atoms with Crippen LogP contribution in [0.25, 0.3) is 11.3 Å². The predicted molar refractivity (Wildman–Crippen MR) is 86.4 cm³/mol. The molecule has 1 saturated heterocycles. The third-order valence-corrected chi connectivity index (χ3v) is 4.69. The third kappa shape index (κ3) is 3.14. The first-order valence-corrected chi connectivity index (χ1v) is 8.05. The average Bonchev–Trinajstić information content (AvgIpc) is 3.08. The monoisotopic (exact) mass is 301 g/mol. The van der Waals surface area contributed by atoms with Crippen LogP contribution in [0.5, 0.6) is 0 Å². The molecule has 2 atom stereocenters. The summed E-state index contributed by atoms with van der Waals surface area (Å²) in [5.41, 5.74) is 2.91. The zero-order chi connectivity index (χ0) is 14.8. The van der Waals surface area contributed by atoms with E-state index in [-0.39, 0.29) is 11.8 Å². The summed E-state index contributed by atoms with van der Waals surface area (Å²) in [6, 6.07) is 7.88. The Bertz CT molecular complexity index is 635. The van der Waals surface area contributed by atoms with Crippen LogP contribution in [0.1, 0.15) is 11.9 Å². The number of carbonyl (C=O) groups is 1. The van der Waals surface area contributed by atoms with Crippen LogP contribution in [0.2, 0.25) is 0 Å². The lowest BCUT2D eigenvalue weighted by atomic mass is 9.97. The van der Waals surface area contributed by atoms with E-state index in [4.69, 9.17) is 0 Å². The molecule has 3 rings (SSSR count). The van der Waals surface area contributed by atoms with E-state index in [1.807, 2.05) is 31.2 Å². The van der Waals surface area contributed by atoms with Gasteiger partial charge in [0.2, 0.25) is 5.91 Å². The summed E-state index contributed by atoms with van der Waals surface area (Å²) in [6.07, 6.45) is 0. The van der Waals surface area contributed by atoms with Crippen LogP contribution in [0.3, 0.4) is 0 Å². The summed E-state index contributed by atoms with van der Waals surface area (Å²) < 4.78 is 0. The molecule has 1 aliphatic heterocycles. The van der Waals surface area contributed by atoms with Crippen LogP contribution in [-0.4, -0.2) is 24.0 Å². The quantitative estimate of drug-likeness (QED) is 0.916. The molecule has 1 fully saturated rings. The van der Waals surface area contributed by atoms with Crippen molar-refractivity contribution in [3.8, 4) is 11.3 Å². The standard InChI is InChI=1S/C16H19N3OS/c1-10-7-17-8-14(10)16(20)19-13-5-3-12(4-6-13)15-9-21-11(2)18-15/h3-6,9-10,14,17H,7-8H2,1-2H3,(H,19,20)/t10-,14-/m1/s1. The first-order chi connectivity index (χ1) is 10.1. The molecule has 2 N–H and O–H groups in total. The van der Waals surface area contributed by atoms with Gasteiger partial charge < -0.3 is 10.6 Å². The number of thiazole rings is 1. The van der Waals surface area contributed by atoms with Gasteiger partial charge in [-0.3, -0.25) is 4.79 Å². The molecule has 0 unspecified atom stereocenters. The lowest BCUT2D eigenvalue weighted by Gasteiger charge is -2.14. The molecular formula is C16H19N3OS. The molecular weight excluding hydrogens is 282 g/mol. The Kier molecular flexibility index (Phi) is 4.03. The number of aryl methyl sites for hydroxylation is 1. The average molecular weight is 301 g/mol. The molecule has 0 saturated carbocycles. The Labute approximate surface area is 128 Å². The van der Waals surface area contributed by atoms with Gasteiger partial charge in [-0.15, -0.1) is 11.3 Å². The van der Waals surface area contributed by atoms with E-state index in [9.17, 15) is 4.79 Å². The predicted octanol–water partition coefficient (Wildman–Crippen LogP) is 2.91. The smallest absolute Gasteiger partial charge is 0.229 e. The molecule has 2 aromatic rings. The SMILES string of the molecule is Cc1nc(-c2ccc(NC(=O)[C@@H]3CNC[C@H]3C)cc2)cs1. The van der Waals surface area contributed by atoms with Gasteiger partial charge in [0.1, 0.15) is 0 Å². The Hall–Kier alpha value is -1.72. The van der Waals surface area contributed by atoms with Crippen molar-refractivity contribution in [1.29, 1.82) is 0 Å². The highest BCUT2D eigenvalue weighted by molar-refractivity contribution is 7.09. The second kappa shape index (κ2) is 5.95. The first-order valence-electron chi connectivity index (χ1n) is 7.17. The highest BCUT2D eigenvalue weighted by Gasteiger charge is 2.29. The zero-order valence-electron chi connectivity index (χ0n) is 12.2. The van der Waals surface area contributed by atoms with Gasteiger partial charge in [0, 0.05) is 23.2 Å². The fourth-order valence-electron chi connectivity index (χ4n) is 2.62. The molecule has 2 heterocycles. The molecule has 110 valence electrons. The lowest BCUT2D eigenvalue weighted by Crippen LogP contribution is -2.27. The molecule has 1 aromatic heterocycles. The van der Waals surface area contributed by atoms with Gasteiger partial charge in [0.05, 0.1) is 16.6 Å². The number of rotatable bonds is 3. The second-order valence-corrected chi connectivity index (χ2v) is 6.62. The van der Waals surface area contributed by atoms with Gasteiger partial charge in [-0.25, -0.2) is 4.98 Å². The number of nitrogens with one attached hydrogen (secondary N) is 2. The fraction of sp³-hybridized carbons (Fsp3) is 0.375. The molecule has 0 bridgehead atoms. The maximum Gasteiger partial charge on any atom is 0.229 e. The number of amides is 1. The molecule has 21 heavy (non-hydrogen) atoms. The summed E-state index contributed by atoms with van der Waals surface area (Å²) in [5.74, 6) is 0.554. The number of aromatic nitrogens is 1. The van der Waals surface area contributed by atoms with Crippen molar-refractivity contribution in [2.24, 2.45) is 11.8 Å². The van der Waals surface area contributed by atoms with Crippen molar-refractivity contribution in [2.45, 2.75) is 13.8 Å². The molecule has 0 spiro atoms. The highest BCUT2D eigenvalue weighted by atomic mass is 32.1. The number of hydrogen-bond donors (Lipinski definition) is 2. The summed E-state index contributed by atoms with van der Waals surface area (Å²) in [5, 5.41) is 9.37. The molecule has 5 heteroatoms. The van der Waals surface area contributed by atoms with Crippen LogP contribution < -0.4 is 10.6 Å². The molecule has 1 aliphatic rings. The first kappa shape index (κ1) is 14.2. The summed E-state index contributed by atoms with van der Waals surface area (Å²) >= 11 is 1.64. The Morgan fingerprint density at radius 1 is 1.33 bits per heavy atom. The topological polar surface area (TPSA) is 54.0 Å². The number of benzene rings is 1. The Morgan fingerprint density at radius 3 is 2.67 bits per heavy atom. The van der Waals surface area contributed by atoms with Crippen molar-refractivity contribution in [1.82, 2.24) is 10.3 Å². The number of anilines is 1. The van der Waals surface area contributed by atoms with E-state index in [2.05, 4.69) is 27.9 Å². The van der Waals surface area contributed by atoms with Gasteiger partial charge in [0.15, 0.2) is 0 Å². The summed E-state index contributed by atoms with van der Waals surface area (Å²) in [7, 11) is 0. The van der Waals surface area contributed by atoms with E-state index in [1.165, 1.54) is 0 Å². The molecule has 1 aromatic carbocycles. The largest absolute Gasteiger partial charge is 0.326 e. The van der Waals surface area contributed by atoms with Crippen LogP contribution in [0.4, 0.5) is 5.69 Å². The van der Waals surface area contributed by atoms with E-state index in [0.717, 1.165) is 35.0 Å². The van der Waals surface area contributed by atoms with E-state index >= 15 is 0 Å². The van der Waals surface area contributed by atoms with E-state index in [1.54, 1.807) is 11.3 Å². The van der Waals surface area contributed by atoms with Crippen LogP contribution >= 0.6 is 11.3 Å². The van der Waals surface area contributed by atoms with E-state index in [0.29, 0.717) is 5.92 Å². The van der Waals surface area contributed by atoms with Crippen molar-refractivity contribution < 1.29 is 4.79 Å². The highest BCUT2D eigenvalue weighted by Crippen LogP contribution is 2.24. The minimum absolute atomic E-state index is 0.0610. The minimum Gasteiger partial charge on any atom is -0.326 e. The van der Waals surface area contributed by atoms with Gasteiger partial charge in [-0.1, -0.05) is 19.1 Å². The van der Waals surface area contributed by atoms with Crippen LogP contribution in [0.15, 0.2) is 29.6 Å². The fourth-order valence-corrected chi connectivity index (χ4v) is 3.24. The Balaban J connectivity index is 1.68. The number of nitrogens with zero attached hydrogens (tertiary/aromatic N) is 1. The van der Waals surface area contributed by atoms with Crippen LogP contribution in [-0.2, 0) is 4.79 Å². The summed E-state index contributed by atoms with van der Waals surface area (Å²) in [4.78, 5) is 16.7. The van der Waals surface area contributed by atoms with Crippen molar-refractivity contribution in [3.63, 3.8) is 0 Å². The molecule has 0 radical (unpaired) electrons. The maximum absolute atomic E-state index is 12.2. The van der Waals surface area contributed by atoms with Gasteiger partial charge in [0.25, 0.3) is 0 Å². The lowest BCUT2D eigenvalue weighted by molar-refractivity contribution is -0.120. The van der Waals surface area contributed by atoms with Gasteiger partial charge >= 0.3 is 0 Å².